The third-order valence-electron chi connectivity index (χ3n) is 2.78. The van der Waals surface area contributed by atoms with Crippen LogP contribution in [0.15, 0.2) is 36.5 Å². The van der Waals surface area contributed by atoms with Crippen LogP contribution in [0, 0.1) is 6.92 Å². The van der Waals surface area contributed by atoms with E-state index in [1.165, 1.54) is 0 Å². The van der Waals surface area contributed by atoms with Crippen LogP contribution in [0.25, 0.3) is 0 Å². The maximum Gasteiger partial charge on any atom is 0.223 e. The zero-order chi connectivity index (χ0) is 15.1. The number of carbonyl (C=O) groups excluding carboxylic acids is 1. The first kappa shape index (κ1) is 14.8. The lowest BCUT2D eigenvalue weighted by atomic mass is 10.3. The first-order valence-electron chi connectivity index (χ1n) is 6.67. The van der Waals surface area contributed by atoms with E-state index in [0.29, 0.717) is 30.4 Å². The summed E-state index contributed by atoms with van der Waals surface area (Å²) in [6.45, 7) is 2.52. The van der Waals surface area contributed by atoms with Gasteiger partial charge in [-0.15, -0.1) is 0 Å². The molecule has 1 amide bonds. The molecule has 6 heteroatoms. The molecule has 0 unspecified atom stereocenters. The number of nitrogens with one attached hydrogen (secondary N) is 1. The van der Waals surface area contributed by atoms with Crippen molar-refractivity contribution in [1.29, 1.82) is 0 Å². The summed E-state index contributed by atoms with van der Waals surface area (Å²) in [6, 6.07) is 8.84. The molecule has 0 saturated carbocycles. The van der Waals surface area contributed by atoms with Crippen LogP contribution in [-0.2, 0) is 11.3 Å². The fourth-order valence-electron chi connectivity index (χ4n) is 1.71. The van der Waals surface area contributed by atoms with E-state index in [1.807, 2.05) is 6.92 Å². The van der Waals surface area contributed by atoms with Crippen molar-refractivity contribution in [2.75, 3.05) is 12.3 Å². The van der Waals surface area contributed by atoms with Gasteiger partial charge in [-0.05, 0) is 37.3 Å². The zero-order valence-electron chi connectivity index (χ0n) is 11.9. The van der Waals surface area contributed by atoms with Gasteiger partial charge in [0.05, 0.1) is 25.3 Å². The van der Waals surface area contributed by atoms with E-state index in [9.17, 15) is 4.79 Å². The predicted octanol–water partition coefficient (Wildman–Crippen LogP) is 1.45. The van der Waals surface area contributed by atoms with E-state index in [0.717, 1.165) is 5.69 Å². The number of hydrogen-bond acceptors (Lipinski definition) is 5. The average Bonchev–Trinajstić information content (AvgIpc) is 2.47. The largest absolute Gasteiger partial charge is 0.493 e. The molecule has 0 aliphatic carbocycles. The molecule has 0 atom stereocenters. The summed E-state index contributed by atoms with van der Waals surface area (Å²) >= 11 is 0. The second kappa shape index (κ2) is 7.23. The number of anilines is 1. The number of nitrogens with two attached hydrogens (primary N) is 1. The minimum atomic E-state index is -0.0817. The smallest absolute Gasteiger partial charge is 0.223 e. The van der Waals surface area contributed by atoms with E-state index in [4.69, 9.17) is 10.5 Å². The number of nitrogen functional groups attached to an aromatic ring is 1. The van der Waals surface area contributed by atoms with Crippen molar-refractivity contribution >= 4 is 11.6 Å². The Kier molecular flexibility index (Phi) is 5.09. The Morgan fingerprint density at radius 2 is 2.05 bits per heavy atom. The van der Waals surface area contributed by atoms with Crippen LogP contribution < -0.4 is 15.8 Å². The van der Waals surface area contributed by atoms with Crippen LogP contribution in [0.4, 0.5) is 5.69 Å². The summed E-state index contributed by atoms with van der Waals surface area (Å²) in [5.41, 5.74) is 7.05. The number of hydrogen-bond donors (Lipinski definition) is 2. The van der Waals surface area contributed by atoms with E-state index in [1.54, 1.807) is 36.5 Å². The fraction of sp³-hybridized carbons (Fsp3) is 0.267. The number of benzene rings is 1. The summed E-state index contributed by atoms with van der Waals surface area (Å²) in [4.78, 5) is 19.9. The quantitative estimate of drug-likeness (QED) is 0.784. The second-order valence-corrected chi connectivity index (χ2v) is 4.54. The molecule has 0 aliphatic heterocycles. The van der Waals surface area contributed by atoms with Crippen LogP contribution in [-0.4, -0.2) is 22.5 Å². The minimum Gasteiger partial charge on any atom is -0.493 e. The van der Waals surface area contributed by atoms with Crippen LogP contribution in [0.2, 0.25) is 0 Å². The number of ether oxygens (including phenoxy) is 1. The first-order chi connectivity index (χ1) is 10.1. The minimum absolute atomic E-state index is 0.0817. The maximum atomic E-state index is 11.7. The standard InChI is InChI=1S/C15H18N4O2/c1-11-17-8-6-13(19-11)10-18-15(20)7-9-21-14-4-2-12(16)3-5-14/h2-6,8H,7,9-10,16H2,1H3,(H,18,20). The normalized spacial score (nSPS) is 10.1. The van der Waals surface area contributed by atoms with Gasteiger partial charge in [0.25, 0.3) is 0 Å². The topological polar surface area (TPSA) is 90.1 Å². The Balaban J connectivity index is 1.69. The van der Waals surface area contributed by atoms with Crippen molar-refractivity contribution in [2.24, 2.45) is 0 Å². The third kappa shape index (κ3) is 5.10. The van der Waals surface area contributed by atoms with Gasteiger partial charge in [0, 0.05) is 11.9 Å². The van der Waals surface area contributed by atoms with Crippen molar-refractivity contribution in [3.63, 3.8) is 0 Å². The number of aromatic nitrogens is 2. The van der Waals surface area contributed by atoms with Crippen LogP contribution in [0.3, 0.4) is 0 Å². The highest BCUT2D eigenvalue weighted by molar-refractivity contribution is 5.75. The second-order valence-electron chi connectivity index (χ2n) is 4.54. The van der Waals surface area contributed by atoms with Crippen LogP contribution >= 0.6 is 0 Å². The summed E-state index contributed by atoms with van der Waals surface area (Å²) in [5.74, 6) is 1.30. The lowest BCUT2D eigenvalue weighted by molar-refractivity contribution is -0.121. The monoisotopic (exact) mass is 286 g/mol. The van der Waals surface area contributed by atoms with Gasteiger partial charge >= 0.3 is 0 Å². The number of rotatable bonds is 6. The highest BCUT2D eigenvalue weighted by Crippen LogP contribution is 2.13. The van der Waals surface area contributed by atoms with Crippen LogP contribution in [0.1, 0.15) is 17.9 Å². The molecule has 0 saturated heterocycles. The Bertz CT molecular complexity index is 599. The number of carbonyl (C=O) groups is 1. The van der Waals surface area contributed by atoms with Gasteiger partial charge in [0.2, 0.25) is 5.91 Å². The molecule has 0 radical (unpaired) electrons. The Hall–Kier alpha value is -2.63. The lowest BCUT2D eigenvalue weighted by Gasteiger charge is -2.07. The summed E-state index contributed by atoms with van der Waals surface area (Å²) in [5, 5.41) is 2.79. The summed E-state index contributed by atoms with van der Waals surface area (Å²) in [7, 11) is 0. The highest BCUT2D eigenvalue weighted by Gasteiger charge is 2.03. The molecule has 1 aromatic heterocycles. The van der Waals surface area contributed by atoms with Crippen molar-refractivity contribution in [2.45, 2.75) is 19.9 Å². The van der Waals surface area contributed by atoms with E-state index >= 15 is 0 Å². The van der Waals surface area contributed by atoms with Gasteiger partial charge in [-0.2, -0.15) is 0 Å². The molecule has 0 fully saturated rings. The number of aryl methyl sites for hydroxylation is 1. The number of amides is 1. The maximum absolute atomic E-state index is 11.7. The van der Waals surface area contributed by atoms with E-state index in [-0.39, 0.29) is 12.3 Å². The van der Waals surface area contributed by atoms with Gasteiger partial charge < -0.3 is 15.8 Å². The van der Waals surface area contributed by atoms with Crippen LogP contribution in [0.5, 0.6) is 5.75 Å². The lowest BCUT2D eigenvalue weighted by Crippen LogP contribution is -2.25. The molecule has 1 heterocycles. The Morgan fingerprint density at radius 1 is 1.29 bits per heavy atom. The van der Waals surface area contributed by atoms with Crippen molar-refractivity contribution in [3.8, 4) is 5.75 Å². The van der Waals surface area contributed by atoms with Gasteiger partial charge in [-0.1, -0.05) is 0 Å². The third-order valence-corrected chi connectivity index (χ3v) is 2.78. The molecule has 110 valence electrons. The molecule has 0 bridgehead atoms. The van der Waals surface area contributed by atoms with Crippen molar-refractivity contribution in [3.05, 3.63) is 48.0 Å². The molecule has 21 heavy (non-hydrogen) atoms. The molecule has 0 spiro atoms. The molecular weight excluding hydrogens is 268 g/mol. The molecule has 1 aromatic carbocycles. The highest BCUT2D eigenvalue weighted by atomic mass is 16.5. The molecular formula is C15H18N4O2. The van der Waals surface area contributed by atoms with E-state index in [2.05, 4.69) is 15.3 Å². The van der Waals surface area contributed by atoms with Gasteiger partial charge in [0.1, 0.15) is 11.6 Å². The Labute approximate surface area is 123 Å². The summed E-state index contributed by atoms with van der Waals surface area (Å²) in [6.07, 6.45) is 1.96. The van der Waals surface area contributed by atoms with Gasteiger partial charge in [0.15, 0.2) is 0 Å². The number of nitrogens with zero attached hydrogens (tertiary/aromatic N) is 2. The average molecular weight is 286 g/mol. The summed E-state index contributed by atoms with van der Waals surface area (Å²) < 4.78 is 5.46. The molecule has 0 aliphatic rings. The first-order valence-corrected chi connectivity index (χ1v) is 6.67. The predicted molar refractivity (Wildman–Crippen MR) is 79.6 cm³/mol. The molecule has 2 aromatic rings. The molecule has 6 nitrogen and oxygen atoms in total. The van der Waals surface area contributed by atoms with E-state index < -0.39 is 0 Å². The van der Waals surface area contributed by atoms with Crippen molar-refractivity contribution < 1.29 is 9.53 Å². The molecule has 2 rings (SSSR count). The van der Waals surface area contributed by atoms with Crippen molar-refractivity contribution in [1.82, 2.24) is 15.3 Å². The van der Waals surface area contributed by atoms with Gasteiger partial charge in [-0.3, -0.25) is 4.79 Å². The Morgan fingerprint density at radius 3 is 2.76 bits per heavy atom. The SMILES string of the molecule is Cc1nccc(CNC(=O)CCOc2ccc(N)cc2)n1. The van der Waals surface area contributed by atoms with Gasteiger partial charge in [-0.25, -0.2) is 9.97 Å². The molecule has 3 N–H and O–H groups in total. The zero-order valence-corrected chi connectivity index (χ0v) is 11.9. The fourth-order valence-corrected chi connectivity index (χ4v) is 1.71.